The van der Waals surface area contributed by atoms with Crippen molar-refractivity contribution in [3.8, 4) is 0 Å². The lowest BCUT2D eigenvalue weighted by molar-refractivity contribution is -0.120. The first-order chi connectivity index (χ1) is 15.0. The molecule has 2 aromatic heterocycles. The maximum absolute atomic E-state index is 12.8. The minimum Gasteiger partial charge on any atom is -0.354 e. The fourth-order valence-electron chi connectivity index (χ4n) is 3.24. The van der Waals surface area contributed by atoms with Gasteiger partial charge in [0.1, 0.15) is 11.7 Å². The summed E-state index contributed by atoms with van der Waals surface area (Å²) in [5.74, 6) is -0.130. The van der Waals surface area contributed by atoms with Crippen LogP contribution >= 0.6 is 27.5 Å². The lowest BCUT2D eigenvalue weighted by Crippen LogP contribution is -2.29. The molecule has 0 aliphatic carbocycles. The summed E-state index contributed by atoms with van der Waals surface area (Å²) < 4.78 is 4.16. The molecule has 0 saturated carbocycles. The third kappa shape index (κ3) is 5.03. The Morgan fingerprint density at radius 1 is 1.13 bits per heavy atom. The third-order valence-corrected chi connectivity index (χ3v) is 5.74. The van der Waals surface area contributed by atoms with Crippen LogP contribution in [-0.4, -0.2) is 31.8 Å². The van der Waals surface area contributed by atoms with Gasteiger partial charge in [0.25, 0.3) is 5.56 Å². The van der Waals surface area contributed by atoms with Crippen molar-refractivity contribution < 1.29 is 4.79 Å². The van der Waals surface area contributed by atoms with Crippen LogP contribution in [-0.2, 0) is 24.3 Å². The van der Waals surface area contributed by atoms with Gasteiger partial charge in [0.2, 0.25) is 5.91 Å². The minimum atomic E-state index is -0.151. The zero-order chi connectivity index (χ0) is 21.8. The van der Waals surface area contributed by atoms with Crippen LogP contribution in [0.5, 0.6) is 0 Å². The Hall–Kier alpha value is -2.97. The van der Waals surface area contributed by atoms with E-state index in [1.165, 1.54) is 12.5 Å². The lowest BCUT2D eigenvalue weighted by atomic mass is 10.1. The molecule has 4 aromatic rings. The summed E-state index contributed by atoms with van der Waals surface area (Å²) in [4.78, 5) is 29.4. The second-order valence-corrected chi connectivity index (χ2v) is 8.35. The Bertz CT molecular complexity index is 1280. The molecule has 1 amide bonds. The smallest absolute Gasteiger partial charge is 0.264 e. The fourth-order valence-corrected chi connectivity index (χ4v) is 3.71. The van der Waals surface area contributed by atoms with Crippen LogP contribution in [0.4, 0.5) is 0 Å². The predicted molar refractivity (Wildman–Crippen MR) is 123 cm³/mol. The Labute approximate surface area is 191 Å². The van der Waals surface area contributed by atoms with Crippen LogP contribution in [0.3, 0.4) is 0 Å². The van der Waals surface area contributed by atoms with Crippen LogP contribution < -0.4 is 10.9 Å². The zero-order valence-electron chi connectivity index (χ0n) is 16.5. The number of fused-ring (bicyclic) bond motifs is 1. The SMILES string of the molecule is O=C(Cc1ccccc1Cl)NCCn1ncc2c(=O)n(Cc3ccc(Br)cc3)cnc21. The fraction of sp³-hybridized carbons (Fsp3) is 0.182. The summed E-state index contributed by atoms with van der Waals surface area (Å²) in [6, 6.07) is 15.0. The third-order valence-electron chi connectivity index (χ3n) is 4.84. The summed E-state index contributed by atoms with van der Waals surface area (Å²) in [5, 5.41) is 8.14. The van der Waals surface area contributed by atoms with Gasteiger partial charge in [-0.2, -0.15) is 5.10 Å². The molecule has 4 rings (SSSR count). The van der Waals surface area contributed by atoms with E-state index in [1.807, 2.05) is 42.5 Å². The van der Waals surface area contributed by atoms with E-state index in [4.69, 9.17) is 11.6 Å². The Balaban J connectivity index is 1.40. The summed E-state index contributed by atoms with van der Waals surface area (Å²) in [6.07, 6.45) is 3.26. The summed E-state index contributed by atoms with van der Waals surface area (Å²) in [6.45, 7) is 1.20. The maximum Gasteiger partial charge on any atom is 0.264 e. The molecule has 0 aliphatic heterocycles. The molecule has 0 saturated heterocycles. The van der Waals surface area contributed by atoms with E-state index >= 15 is 0 Å². The molecule has 9 heteroatoms. The van der Waals surface area contributed by atoms with E-state index < -0.39 is 0 Å². The monoisotopic (exact) mass is 499 g/mol. The van der Waals surface area contributed by atoms with Gasteiger partial charge in [0.05, 0.1) is 25.7 Å². The Morgan fingerprint density at radius 2 is 1.90 bits per heavy atom. The average Bonchev–Trinajstić information content (AvgIpc) is 3.17. The van der Waals surface area contributed by atoms with Gasteiger partial charge in [-0.25, -0.2) is 9.67 Å². The van der Waals surface area contributed by atoms with E-state index in [-0.39, 0.29) is 17.9 Å². The topological polar surface area (TPSA) is 81.8 Å². The molecule has 0 spiro atoms. The molecule has 1 N–H and O–H groups in total. The van der Waals surface area contributed by atoms with Crippen LogP contribution in [0.25, 0.3) is 11.0 Å². The highest BCUT2D eigenvalue weighted by Crippen LogP contribution is 2.15. The Kier molecular flexibility index (Phi) is 6.48. The number of rotatable bonds is 7. The number of hydrogen-bond donors (Lipinski definition) is 1. The second-order valence-electron chi connectivity index (χ2n) is 7.03. The second kappa shape index (κ2) is 9.45. The van der Waals surface area contributed by atoms with Gasteiger partial charge in [0.15, 0.2) is 5.65 Å². The minimum absolute atomic E-state index is 0.130. The number of nitrogens with zero attached hydrogens (tertiary/aromatic N) is 4. The van der Waals surface area contributed by atoms with Gasteiger partial charge in [-0.15, -0.1) is 0 Å². The predicted octanol–water partition coefficient (Wildman–Crippen LogP) is 3.42. The maximum atomic E-state index is 12.8. The number of benzene rings is 2. The molecule has 2 heterocycles. The van der Waals surface area contributed by atoms with Gasteiger partial charge in [-0.3, -0.25) is 14.2 Å². The number of hydrogen-bond acceptors (Lipinski definition) is 4. The van der Waals surface area contributed by atoms with E-state index in [0.717, 1.165) is 15.6 Å². The molecular weight excluding hydrogens is 482 g/mol. The van der Waals surface area contributed by atoms with Crippen LogP contribution in [0.1, 0.15) is 11.1 Å². The van der Waals surface area contributed by atoms with E-state index in [0.29, 0.717) is 35.7 Å². The van der Waals surface area contributed by atoms with E-state index in [1.54, 1.807) is 15.3 Å². The molecule has 0 bridgehead atoms. The molecule has 0 radical (unpaired) electrons. The van der Waals surface area contributed by atoms with Crippen molar-refractivity contribution in [3.63, 3.8) is 0 Å². The number of carbonyl (C=O) groups is 1. The molecule has 31 heavy (non-hydrogen) atoms. The first-order valence-corrected chi connectivity index (χ1v) is 10.8. The van der Waals surface area contributed by atoms with Crippen molar-refractivity contribution in [1.29, 1.82) is 0 Å². The van der Waals surface area contributed by atoms with Crippen molar-refractivity contribution >= 4 is 44.5 Å². The molecule has 0 atom stereocenters. The summed E-state index contributed by atoms with van der Waals surface area (Å²) >= 11 is 9.50. The van der Waals surface area contributed by atoms with Gasteiger partial charge in [0, 0.05) is 16.0 Å². The largest absolute Gasteiger partial charge is 0.354 e. The number of aromatic nitrogens is 4. The first kappa shape index (κ1) is 21.3. The van der Waals surface area contributed by atoms with Crippen molar-refractivity contribution in [2.75, 3.05) is 6.54 Å². The zero-order valence-corrected chi connectivity index (χ0v) is 18.8. The summed E-state index contributed by atoms with van der Waals surface area (Å²) in [5.41, 5.74) is 2.12. The van der Waals surface area contributed by atoms with Crippen molar-refractivity contribution in [2.45, 2.75) is 19.5 Å². The first-order valence-electron chi connectivity index (χ1n) is 9.67. The molecule has 7 nitrogen and oxygen atoms in total. The number of nitrogens with one attached hydrogen (secondary N) is 1. The van der Waals surface area contributed by atoms with Gasteiger partial charge < -0.3 is 5.32 Å². The van der Waals surface area contributed by atoms with Gasteiger partial charge in [-0.1, -0.05) is 57.9 Å². The average molecular weight is 501 g/mol. The van der Waals surface area contributed by atoms with Crippen LogP contribution in [0.15, 0.2) is 70.3 Å². The van der Waals surface area contributed by atoms with Crippen LogP contribution in [0, 0.1) is 0 Å². The molecule has 0 fully saturated rings. The normalized spacial score (nSPS) is 11.0. The highest BCUT2D eigenvalue weighted by Gasteiger charge is 2.11. The lowest BCUT2D eigenvalue weighted by Gasteiger charge is -2.08. The van der Waals surface area contributed by atoms with Gasteiger partial charge in [-0.05, 0) is 29.3 Å². The quantitative estimate of drug-likeness (QED) is 0.422. The molecule has 158 valence electrons. The van der Waals surface area contributed by atoms with Crippen molar-refractivity contribution in [1.82, 2.24) is 24.6 Å². The van der Waals surface area contributed by atoms with E-state index in [9.17, 15) is 9.59 Å². The number of carbonyl (C=O) groups excluding carboxylic acids is 1. The standard InChI is InChI=1S/C22H19BrClN5O2/c23-17-7-5-15(6-8-17)13-28-14-26-21-18(22(28)31)12-27-29(21)10-9-25-20(30)11-16-3-1-2-4-19(16)24/h1-8,12,14H,9-11,13H2,(H,25,30). The molecular formula is C22H19BrClN5O2. The van der Waals surface area contributed by atoms with E-state index in [2.05, 4.69) is 31.3 Å². The number of amides is 1. The highest BCUT2D eigenvalue weighted by atomic mass is 79.9. The molecule has 0 unspecified atom stereocenters. The van der Waals surface area contributed by atoms with Crippen LogP contribution in [0.2, 0.25) is 5.02 Å². The van der Waals surface area contributed by atoms with Crippen molar-refractivity contribution in [3.05, 3.63) is 92.0 Å². The number of halogens is 2. The molecule has 2 aromatic carbocycles. The highest BCUT2D eigenvalue weighted by molar-refractivity contribution is 9.10. The Morgan fingerprint density at radius 3 is 2.68 bits per heavy atom. The summed E-state index contributed by atoms with van der Waals surface area (Å²) in [7, 11) is 0. The van der Waals surface area contributed by atoms with Crippen molar-refractivity contribution in [2.24, 2.45) is 0 Å². The molecule has 0 aliphatic rings. The van der Waals surface area contributed by atoms with Gasteiger partial charge >= 0.3 is 0 Å².